The summed E-state index contributed by atoms with van der Waals surface area (Å²) in [4.78, 5) is 30.9. The molecule has 0 radical (unpaired) electrons. The van der Waals surface area contributed by atoms with Gasteiger partial charge >= 0.3 is 0 Å². The van der Waals surface area contributed by atoms with E-state index in [1.165, 1.54) is 14.7 Å². The van der Waals surface area contributed by atoms with E-state index in [2.05, 4.69) is 24.0 Å². The molecule has 114 valence electrons. The van der Waals surface area contributed by atoms with Crippen molar-refractivity contribution < 1.29 is 14.3 Å². The first-order valence-corrected chi connectivity index (χ1v) is 8.03. The maximum atomic E-state index is 12.3. The van der Waals surface area contributed by atoms with E-state index in [-0.39, 0.29) is 23.7 Å². The maximum absolute atomic E-state index is 12.3. The van der Waals surface area contributed by atoms with E-state index in [4.69, 9.17) is 4.74 Å². The first-order chi connectivity index (χ1) is 10.1. The molecular weight excluding hydrogens is 288 g/mol. The van der Waals surface area contributed by atoms with Crippen molar-refractivity contribution in [3.8, 4) is 0 Å². The molecule has 6 heteroatoms. The van der Waals surface area contributed by atoms with Gasteiger partial charge in [0.25, 0.3) is 0 Å². The van der Waals surface area contributed by atoms with E-state index in [1.54, 1.807) is 18.4 Å². The highest BCUT2D eigenvalue weighted by Crippen LogP contribution is 2.34. The number of carbonyl (C=O) groups excluding carboxylic acids is 2. The fraction of sp³-hybridized carbons (Fsp3) is 0.600. The van der Waals surface area contributed by atoms with Gasteiger partial charge in [-0.1, -0.05) is 0 Å². The molecule has 5 nitrogen and oxygen atoms in total. The summed E-state index contributed by atoms with van der Waals surface area (Å²) in [5, 5.41) is 0. The molecule has 0 aliphatic carbocycles. The molecule has 2 fully saturated rings. The number of hydrogen-bond donors (Lipinski definition) is 0. The highest BCUT2D eigenvalue weighted by atomic mass is 32.1. The first kappa shape index (κ1) is 14.7. The van der Waals surface area contributed by atoms with Gasteiger partial charge in [0, 0.05) is 36.5 Å². The van der Waals surface area contributed by atoms with E-state index >= 15 is 0 Å². The number of likely N-dealkylation sites (tertiary alicyclic amines) is 2. The molecule has 21 heavy (non-hydrogen) atoms. The Hall–Kier alpha value is -1.24. The summed E-state index contributed by atoms with van der Waals surface area (Å²) in [5.74, 6) is -0.357. The molecule has 0 aromatic carbocycles. The summed E-state index contributed by atoms with van der Waals surface area (Å²) in [6.45, 7) is 5.10. The monoisotopic (exact) mass is 308 g/mol. The molecule has 1 aromatic rings. The Balaban J connectivity index is 1.63. The number of thiophene rings is 1. The minimum Gasteiger partial charge on any atom is -0.383 e. The molecule has 0 bridgehead atoms. The number of carbonyl (C=O) groups is 2. The van der Waals surface area contributed by atoms with Crippen LogP contribution in [0.1, 0.15) is 9.75 Å². The highest BCUT2D eigenvalue weighted by Gasteiger charge is 2.51. The number of methoxy groups -OCH3 is 1. The second kappa shape index (κ2) is 5.87. The van der Waals surface area contributed by atoms with Crippen LogP contribution < -0.4 is 0 Å². The van der Waals surface area contributed by atoms with Gasteiger partial charge in [0.15, 0.2) is 0 Å². The van der Waals surface area contributed by atoms with Gasteiger partial charge < -0.3 is 4.74 Å². The number of nitrogens with zero attached hydrogens (tertiary/aromatic N) is 2. The molecule has 0 unspecified atom stereocenters. The molecule has 2 saturated heterocycles. The lowest BCUT2D eigenvalue weighted by Gasteiger charge is -2.19. The average Bonchev–Trinajstić information content (AvgIpc) is 3.10. The Morgan fingerprint density at radius 2 is 1.90 bits per heavy atom. The Morgan fingerprint density at radius 3 is 2.43 bits per heavy atom. The van der Waals surface area contributed by atoms with Crippen molar-refractivity contribution in [3.63, 3.8) is 0 Å². The molecular formula is C15H20N2O3S. The molecule has 0 N–H and O–H groups in total. The summed E-state index contributed by atoms with van der Waals surface area (Å²) < 4.78 is 4.97. The second-order valence-corrected chi connectivity index (χ2v) is 7.11. The third-order valence-corrected chi connectivity index (χ3v) is 5.24. The predicted octanol–water partition coefficient (Wildman–Crippen LogP) is 1.12. The number of fused-ring (bicyclic) bond motifs is 1. The molecule has 2 aliphatic heterocycles. The minimum atomic E-state index is -0.157. The van der Waals surface area contributed by atoms with Crippen LogP contribution in [0.2, 0.25) is 0 Å². The van der Waals surface area contributed by atoms with E-state index in [1.807, 2.05) is 0 Å². The first-order valence-electron chi connectivity index (χ1n) is 7.22. The number of rotatable bonds is 5. The number of imide groups is 1. The predicted molar refractivity (Wildman–Crippen MR) is 79.9 cm³/mol. The van der Waals surface area contributed by atoms with Crippen molar-refractivity contribution in [1.82, 2.24) is 9.80 Å². The lowest BCUT2D eigenvalue weighted by Crippen LogP contribution is -2.37. The zero-order valence-electron chi connectivity index (χ0n) is 12.4. The van der Waals surface area contributed by atoms with Crippen molar-refractivity contribution >= 4 is 23.2 Å². The summed E-state index contributed by atoms with van der Waals surface area (Å²) in [6, 6.07) is 4.24. The molecule has 0 spiro atoms. The maximum Gasteiger partial charge on any atom is 0.234 e. The van der Waals surface area contributed by atoms with Crippen LogP contribution in [0.4, 0.5) is 0 Å². The molecule has 1 aromatic heterocycles. The Morgan fingerprint density at radius 1 is 1.24 bits per heavy atom. The Kier molecular flexibility index (Phi) is 4.10. The van der Waals surface area contributed by atoms with Gasteiger partial charge in [-0.3, -0.25) is 19.4 Å². The van der Waals surface area contributed by atoms with Crippen LogP contribution in [0.3, 0.4) is 0 Å². The van der Waals surface area contributed by atoms with Crippen LogP contribution in [0, 0.1) is 18.8 Å². The summed E-state index contributed by atoms with van der Waals surface area (Å²) in [7, 11) is 1.58. The minimum absolute atomic E-state index is 0.0214. The number of aryl methyl sites for hydroxylation is 1. The SMILES string of the molecule is COCCN1C(=O)[C@H]2CN(Cc3ccc(C)s3)C[C@H]2C1=O. The summed E-state index contributed by atoms with van der Waals surface area (Å²) in [6.07, 6.45) is 0. The average molecular weight is 308 g/mol. The van der Waals surface area contributed by atoms with E-state index in [0.717, 1.165) is 6.54 Å². The van der Waals surface area contributed by atoms with Gasteiger partial charge in [0.1, 0.15) is 0 Å². The molecule has 2 amide bonds. The lowest BCUT2D eigenvalue weighted by atomic mass is 10.00. The van der Waals surface area contributed by atoms with Gasteiger partial charge in [-0.25, -0.2) is 0 Å². The van der Waals surface area contributed by atoms with Crippen LogP contribution in [0.5, 0.6) is 0 Å². The topological polar surface area (TPSA) is 49.9 Å². The largest absolute Gasteiger partial charge is 0.383 e. The fourth-order valence-corrected chi connectivity index (χ4v) is 4.15. The zero-order valence-corrected chi connectivity index (χ0v) is 13.2. The van der Waals surface area contributed by atoms with Gasteiger partial charge in [-0.15, -0.1) is 11.3 Å². The number of amides is 2. The third-order valence-electron chi connectivity index (χ3n) is 4.26. The van der Waals surface area contributed by atoms with Crippen LogP contribution >= 0.6 is 11.3 Å². The molecule has 2 aliphatic rings. The van der Waals surface area contributed by atoms with Crippen molar-refractivity contribution in [2.75, 3.05) is 33.4 Å². The van der Waals surface area contributed by atoms with Crippen molar-refractivity contribution in [2.45, 2.75) is 13.5 Å². The van der Waals surface area contributed by atoms with Gasteiger partial charge in [-0.2, -0.15) is 0 Å². The third kappa shape index (κ3) is 2.75. The Labute approximate surface area is 128 Å². The standard InChI is InChI=1S/C15H20N2O3S/c1-10-3-4-11(21-10)7-16-8-12-13(9-16)15(19)17(14(12)18)5-6-20-2/h3-4,12-13H,5-9H2,1-2H3/t12-,13+. The zero-order chi connectivity index (χ0) is 15.0. The summed E-state index contributed by atoms with van der Waals surface area (Å²) >= 11 is 1.78. The number of ether oxygens (including phenoxy) is 1. The smallest absolute Gasteiger partial charge is 0.234 e. The van der Waals surface area contributed by atoms with Crippen molar-refractivity contribution in [2.24, 2.45) is 11.8 Å². The molecule has 0 saturated carbocycles. The second-order valence-electron chi connectivity index (χ2n) is 5.74. The van der Waals surface area contributed by atoms with Crippen LogP contribution in [0.25, 0.3) is 0 Å². The van der Waals surface area contributed by atoms with Crippen LogP contribution in [-0.2, 0) is 20.9 Å². The molecule has 3 rings (SSSR count). The van der Waals surface area contributed by atoms with Crippen LogP contribution in [0.15, 0.2) is 12.1 Å². The molecule has 2 atom stereocenters. The lowest BCUT2D eigenvalue weighted by molar-refractivity contribution is -0.141. The quantitative estimate of drug-likeness (QED) is 0.765. The Bertz CT molecular complexity index is 533. The van der Waals surface area contributed by atoms with Crippen LogP contribution in [-0.4, -0.2) is 55.0 Å². The van der Waals surface area contributed by atoms with Crippen molar-refractivity contribution in [1.29, 1.82) is 0 Å². The van der Waals surface area contributed by atoms with Gasteiger partial charge in [0.05, 0.1) is 25.0 Å². The highest BCUT2D eigenvalue weighted by molar-refractivity contribution is 7.11. The van der Waals surface area contributed by atoms with Gasteiger partial charge in [0.2, 0.25) is 11.8 Å². The van der Waals surface area contributed by atoms with E-state index in [0.29, 0.717) is 26.2 Å². The fourth-order valence-electron chi connectivity index (χ4n) is 3.22. The molecule has 3 heterocycles. The van der Waals surface area contributed by atoms with Gasteiger partial charge in [-0.05, 0) is 19.1 Å². The summed E-state index contributed by atoms with van der Waals surface area (Å²) in [5.41, 5.74) is 0. The van der Waals surface area contributed by atoms with Crippen molar-refractivity contribution in [3.05, 3.63) is 21.9 Å². The number of hydrogen-bond acceptors (Lipinski definition) is 5. The van der Waals surface area contributed by atoms with E-state index < -0.39 is 0 Å². The van der Waals surface area contributed by atoms with E-state index in [9.17, 15) is 9.59 Å². The normalized spacial score (nSPS) is 25.9.